The van der Waals surface area contributed by atoms with Gasteiger partial charge in [-0.05, 0) is 49.1 Å². The predicted octanol–water partition coefficient (Wildman–Crippen LogP) is 3.74. The van der Waals surface area contributed by atoms with Gasteiger partial charge in [0.1, 0.15) is 18.4 Å². The molecule has 1 fully saturated rings. The van der Waals surface area contributed by atoms with Crippen molar-refractivity contribution in [1.29, 1.82) is 0 Å². The minimum absolute atomic E-state index is 0.00373. The van der Waals surface area contributed by atoms with E-state index in [4.69, 9.17) is 0 Å². The van der Waals surface area contributed by atoms with Gasteiger partial charge in [-0.2, -0.15) is 0 Å². The molecule has 0 aliphatic heterocycles. The van der Waals surface area contributed by atoms with Crippen molar-refractivity contribution in [2.75, 3.05) is 17.1 Å². The van der Waals surface area contributed by atoms with E-state index in [1.165, 1.54) is 29.2 Å². The van der Waals surface area contributed by atoms with E-state index < -0.39 is 46.0 Å². The zero-order chi connectivity index (χ0) is 26.5. The minimum atomic E-state index is -4.08. The lowest BCUT2D eigenvalue weighted by atomic mass is 10.1. The SMILES string of the molecule is CC[C@@H](C(=O)NC1CCCC1)N(Cc1ccc(F)cc1)C(=O)CN(c1ccc(F)c(F)c1)S(C)(=O)=O. The first kappa shape index (κ1) is 27.5. The number of rotatable bonds is 10. The van der Waals surface area contributed by atoms with Gasteiger partial charge in [-0.25, -0.2) is 21.6 Å². The maximum absolute atomic E-state index is 13.9. The van der Waals surface area contributed by atoms with Crippen molar-refractivity contribution < 1.29 is 31.2 Å². The molecule has 2 aromatic rings. The highest BCUT2D eigenvalue weighted by Crippen LogP contribution is 2.23. The van der Waals surface area contributed by atoms with Gasteiger partial charge in [0.05, 0.1) is 11.9 Å². The van der Waals surface area contributed by atoms with Gasteiger partial charge in [0.2, 0.25) is 21.8 Å². The number of carbonyl (C=O) groups is 2. The molecule has 196 valence electrons. The Balaban J connectivity index is 1.92. The van der Waals surface area contributed by atoms with Crippen LogP contribution in [0.1, 0.15) is 44.6 Å². The van der Waals surface area contributed by atoms with E-state index in [0.29, 0.717) is 15.9 Å². The van der Waals surface area contributed by atoms with E-state index in [0.717, 1.165) is 44.1 Å². The summed E-state index contributed by atoms with van der Waals surface area (Å²) in [5.74, 6) is -3.98. The lowest BCUT2D eigenvalue weighted by Gasteiger charge is -2.33. The Morgan fingerprint density at radius 3 is 2.22 bits per heavy atom. The molecule has 0 bridgehead atoms. The summed E-state index contributed by atoms with van der Waals surface area (Å²) in [5.41, 5.74) is 0.311. The van der Waals surface area contributed by atoms with Crippen LogP contribution in [-0.2, 0) is 26.2 Å². The molecule has 0 radical (unpaired) electrons. The van der Waals surface area contributed by atoms with Gasteiger partial charge in [0.25, 0.3) is 0 Å². The summed E-state index contributed by atoms with van der Waals surface area (Å²) < 4.78 is 66.4. The monoisotopic (exact) mass is 525 g/mol. The van der Waals surface area contributed by atoms with Crippen molar-refractivity contribution in [3.63, 3.8) is 0 Å². The summed E-state index contributed by atoms with van der Waals surface area (Å²) in [4.78, 5) is 27.9. The molecule has 3 rings (SSSR count). The number of benzene rings is 2. The Labute approximate surface area is 209 Å². The molecular weight excluding hydrogens is 495 g/mol. The van der Waals surface area contributed by atoms with Crippen molar-refractivity contribution >= 4 is 27.5 Å². The second-order valence-electron chi connectivity index (χ2n) is 8.93. The Kier molecular flexibility index (Phi) is 8.99. The van der Waals surface area contributed by atoms with Crippen LogP contribution in [0.15, 0.2) is 42.5 Å². The zero-order valence-electron chi connectivity index (χ0n) is 20.2. The summed E-state index contributed by atoms with van der Waals surface area (Å²) >= 11 is 0. The summed E-state index contributed by atoms with van der Waals surface area (Å²) in [6.07, 6.45) is 4.76. The van der Waals surface area contributed by atoms with Gasteiger partial charge in [-0.1, -0.05) is 31.9 Å². The molecular formula is C25H30F3N3O4S. The predicted molar refractivity (Wildman–Crippen MR) is 130 cm³/mol. The molecule has 1 N–H and O–H groups in total. The number of hydrogen-bond acceptors (Lipinski definition) is 4. The second-order valence-corrected chi connectivity index (χ2v) is 10.8. The molecule has 11 heteroatoms. The van der Waals surface area contributed by atoms with Gasteiger partial charge < -0.3 is 10.2 Å². The number of hydrogen-bond donors (Lipinski definition) is 1. The highest BCUT2D eigenvalue weighted by molar-refractivity contribution is 7.92. The number of anilines is 1. The standard InChI is InChI=1S/C25H30F3N3O4S/c1-3-23(25(33)29-19-6-4-5-7-19)30(15-17-8-10-18(26)11-9-17)24(32)16-31(36(2,34)35)20-12-13-21(27)22(28)14-20/h8-14,19,23H,3-7,15-16H2,1-2H3,(H,29,33)/t23-/m0/s1. The molecule has 1 saturated carbocycles. The van der Waals surface area contributed by atoms with Gasteiger partial charge >= 0.3 is 0 Å². The Bertz CT molecular complexity index is 1190. The molecule has 0 saturated heterocycles. The first-order chi connectivity index (χ1) is 17.0. The molecule has 2 amide bonds. The third-order valence-corrected chi connectivity index (χ3v) is 7.36. The van der Waals surface area contributed by atoms with Crippen LogP contribution in [0, 0.1) is 17.5 Å². The largest absolute Gasteiger partial charge is 0.352 e. The van der Waals surface area contributed by atoms with Crippen LogP contribution >= 0.6 is 0 Å². The smallest absolute Gasteiger partial charge is 0.244 e. The molecule has 0 spiro atoms. The molecule has 7 nitrogen and oxygen atoms in total. The summed E-state index contributed by atoms with van der Waals surface area (Å²) in [5, 5.41) is 2.97. The maximum atomic E-state index is 13.9. The first-order valence-corrected chi connectivity index (χ1v) is 13.6. The van der Waals surface area contributed by atoms with Gasteiger partial charge in [-0.3, -0.25) is 13.9 Å². The van der Waals surface area contributed by atoms with Crippen LogP contribution in [0.2, 0.25) is 0 Å². The first-order valence-electron chi connectivity index (χ1n) is 11.8. The summed E-state index contributed by atoms with van der Waals surface area (Å²) in [6, 6.07) is 7.00. The third-order valence-electron chi connectivity index (χ3n) is 6.22. The molecule has 0 unspecified atom stereocenters. The second kappa shape index (κ2) is 11.8. The van der Waals surface area contributed by atoms with Gasteiger partial charge in [0, 0.05) is 18.7 Å². The van der Waals surface area contributed by atoms with E-state index in [2.05, 4.69) is 5.32 Å². The van der Waals surface area contributed by atoms with Crippen molar-refractivity contribution in [1.82, 2.24) is 10.2 Å². The molecule has 0 aromatic heterocycles. The zero-order valence-corrected chi connectivity index (χ0v) is 21.0. The molecule has 1 atom stereocenters. The van der Waals surface area contributed by atoms with E-state index in [-0.39, 0.29) is 30.6 Å². The molecule has 36 heavy (non-hydrogen) atoms. The Morgan fingerprint density at radius 2 is 1.67 bits per heavy atom. The van der Waals surface area contributed by atoms with Crippen molar-refractivity contribution in [3.8, 4) is 0 Å². The quantitative estimate of drug-likeness (QED) is 0.512. The lowest BCUT2D eigenvalue weighted by molar-refractivity contribution is -0.140. The normalized spacial score (nSPS) is 14.9. The van der Waals surface area contributed by atoms with Crippen LogP contribution in [0.3, 0.4) is 0 Å². The van der Waals surface area contributed by atoms with Crippen molar-refractivity contribution in [2.24, 2.45) is 0 Å². The van der Waals surface area contributed by atoms with Crippen LogP contribution in [0.4, 0.5) is 18.9 Å². The molecule has 0 heterocycles. The number of nitrogens with zero attached hydrogens (tertiary/aromatic N) is 2. The topological polar surface area (TPSA) is 86.8 Å². The highest BCUT2D eigenvalue weighted by atomic mass is 32.2. The van der Waals surface area contributed by atoms with E-state index >= 15 is 0 Å². The average molecular weight is 526 g/mol. The van der Waals surface area contributed by atoms with E-state index in [1.807, 2.05) is 0 Å². The number of sulfonamides is 1. The average Bonchev–Trinajstić information content (AvgIpc) is 3.32. The number of amides is 2. The van der Waals surface area contributed by atoms with Crippen LogP contribution in [0.25, 0.3) is 0 Å². The fraction of sp³-hybridized carbons (Fsp3) is 0.440. The minimum Gasteiger partial charge on any atom is -0.352 e. The fourth-order valence-electron chi connectivity index (χ4n) is 4.33. The van der Waals surface area contributed by atoms with Crippen LogP contribution < -0.4 is 9.62 Å². The summed E-state index contributed by atoms with van der Waals surface area (Å²) in [6.45, 7) is 0.914. The Morgan fingerprint density at radius 1 is 1.03 bits per heavy atom. The lowest BCUT2D eigenvalue weighted by Crippen LogP contribution is -2.53. The van der Waals surface area contributed by atoms with E-state index in [1.54, 1.807) is 6.92 Å². The third kappa shape index (κ3) is 6.99. The van der Waals surface area contributed by atoms with E-state index in [9.17, 15) is 31.2 Å². The Hall–Kier alpha value is -3.08. The summed E-state index contributed by atoms with van der Waals surface area (Å²) in [7, 11) is -4.08. The number of nitrogens with one attached hydrogen (secondary N) is 1. The number of halogens is 3. The van der Waals surface area contributed by atoms with Crippen LogP contribution in [-0.4, -0.2) is 50.0 Å². The molecule has 1 aliphatic carbocycles. The highest BCUT2D eigenvalue weighted by Gasteiger charge is 2.33. The fourth-order valence-corrected chi connectivity index (χ4v) is 5.17. The maximum Gasteiger partial charge on any atom is 0.244 e. The van der Waals surface area contributed by atoms with Crippen molar-refractivity contribution in [3.05, 3.63) is 65.5 Å². The number of carbonyl (C=O) groups excluding carboxylic acids is 2. The van der Waals surface area contributed by atoms with Gasteiger partial charge in [0.15, 0.2) is 11.6 Å². The molecule has 1 aliphatic rings. The van der Waals surface area contributed by atoms with Crippen LogP contribution in [0.5, 0.6) is 0 Å². The molecule has 2 aromatic carbocycles. The van der Waals surface area contributed by atoms with Gasteiger partial charge in [-0.15, -0.1) is 0 Å². The van der Waals surface area contributed by atoms with Crippen molar-refractivity contribution in [2.45, 2.75) is 57.7 Å².